The fourth-order valence-corrected chi connectivity index (χ4v) is 18.1. The van der Waals surface area contributed by atoms with Gasteiger partial charge in [0.2, 0.25) is 0 Å². The van der Waals surface area contributed by atoms with Gasteiger partial charge in [0.1, 0.15) is 19.6 Å². The standard InChI is InChI=1S/C25H46N.C25H54N.C21H38N.C20H43N.C19H42N.C10H16N.6H2O/c1-4-5-6-7-8-9-10-11-12-13-14-15-16-20-23-26(2,3)24-25-21-18-17-19-22-25;1-5-8-11-14-17-20-23-26(4,24-21-18-15-12-9-6-2)25-22-19-16-13-10-7-3;1-2-3-4-5-6-7-8-9-10-11-12-13-14-16-19-22-20-17-15-18-21-22;1-4-5-6-7-8-9-10-11-12-13-14-15-16-17-18-19-20-21(2)3;1-5-6-7-8-9-10-11-12-13-14-15-16-17-18-19-20(2,3)4;1-11(2,3)9-10-7-5-4-6-8-10;;;;;;/h17-19,21-22H,4-16,20,23-24H2,1-3H3;5-25H2,1-4H3;15,17-18,20-21H,2-14,16,19H2,1H3;4-20H2,1-3H3;5-19H2,1-4H3;4-8H,9H2,1-3H3;6*1H2/q3*+1;;2*+1;;;;;;/p-5. The molecule has 0 fully saturated rings. The van der Waals surface area contributed by atoms with Crippen molar-refractivity contribution in [2.75, 3.05) is 117 Å². The molecule has 0 aliphatic rings. The lowest BCUT2D eigenvalue weighted by atomic mass is 10.0. The highest BCUT2D eigenvalue weighted by molar-refractivity contribution is 5.14. The quantitative estimate of drug-likeness (QED) is 0.0332. The van der Waals surface area contributed by atoms with Gasteiger partial charge < -0.3 is 55.7 Å². The fourth-order valence-electron chi connectivity index (χ4n) is 18.1. The van der Waals surface area contributed by atoms with Crippen LogP contribution in [0.4, 0.5) is 0 Å². The molecule has 12 nitrogen and oxygen atoms in total. The Hall–Kier alpha value is -2.85. The lowest BCUT2D eigenvalue weighted by molar-refractivity contribution is -0.910. The summed E-state index contributed by atoms with van der Waals surface area (Å²) >= 11 is 0. The summed E-state index contributed by atoms with van der Waals surface area (Å²) in [7, 11) is 25.3. The van der Waals surface area contributed by atoms with Crippen LogP contribution in [0.1, 0.15) is 548 Å². The number of pyridine rings is 1. The van der Waals surface area contributed by atoms with Gasteiger partial charge in [0.05, 0.1) is 117 Å². The lowest BCUT2D eigenvalue weighted by Crippen LogP contribution is -3.05. The molecule has 12 heteroatoms. The van der Waals surface area contributed by atoms with E-state index < -0.39 is 0 Å². The second-order valence-corrected chi connectivity index (χ2v) is 43.5. The number of hydrogen-bond donors (Lipinski definition) is 1. The van der Waals surface area contributed by atoms with E-state index in [-0.39, 0.29) is 32.9 Å². The van der Waals surface area contributed by atoms with Gasteiger partial charge in [0, 0.05) is 29.7 Å². The molecule has 0 bridgehead atoms. The van der Waals surface area contributed by atoms with E-state index in [2.05, 4.69) is 222 Å². The molecule has 792 valence electrons. The van der Waals surface area contributed by atoms with E-state index >= 15 is 0 Å². The van der Waals surface area contributed by atoms with Crippen LogP contribution in [0, 0.1) is 0 Å². The molecule has 0 saturated heterocycles. The van der Waals surface area contributed by atoms with E-state index in [4.69, 9.17) is 0 Å². The zero-order valence-electron chi connectivity index (χ0n) is 93.2. The normalized spacial score (nSPS) is 11.1. The van der Waals surface area contributed by atoms with E-state index in [0.717, 1.165) is 26.5 Å². The van der Waals surface area contributed by atoms with E-state index in [1.807, 2.05) is 0 Å². The van der Waals surface area contributed by atoms with Gasteiger partial charge in [-0.1, -0.05) is 513 Å². The summed E-state index contributed by atoms with van der Waals surface area (Å²) in [6, 6.07) is 27.8. The van der Waals surface area contributed by atoms with Crippen molar-refractivity contribution in [2.45, 2.75) is 556 Å². The maximum absolute atomic E-state index is 2.56. The summed E-state index contributed by atoms with van der Waals surface area (Å²) in [6.07, 6.45) is 114. The molecule has 2 aromatic carbocycles. The Labute approximate surface area is 830 Å². The summed E-state index contributed by atoms with van der Waals surface area (Å²) in [5.41, 5.74) is 2.86. The van der Waals surface area contributed by atoms with Gasteiger partial charge in [-0.3, -0.25) is 0 Å². The molecule has 0 aliphatic heterocycles. The van der Waals surface area contributed by atoms with Gasteiger partial charge in [-0.05, 0) is 83.5 Å². The van der Waals surface area contributed by atoms with Gasteiger partial charge in [-0.2, -0.15) is 0 Å². The molecule has 0 saturated carbocycles. The van der Waals surface area contributed by atoms with E-state index in [0.29, 0.717) is 0 Å². The second kappa shape index (κ2) is 117. The number of benzene rings is 2. The smallest absolute Gasteiger partial charge is 0.168 e. The van der Waals surface area contributed by atoms with Crippen molar-refractivity contribution >= 4 is 0 Å². The number of hydrogen-bond acceptors (Lipinski definition) is 6. The predicted molar refractivity (Wildman–Crippen MR) is 586 cm³/mol. The molecule has 0 radical (unpaired) electrons. The molecule has 132 heavy (non-hydrogen) atoms. The first-order valence-electron chi connectivity index (χ1n) is 57.2. The second-order valence-electron chi connectivity index (χ2n) is 43.5. The lowest BCUT2D eigenvalue weighted by Gasteiger charge is -2.35. The Kier molecular flexibility index (Phi) is 130. The molecule has 1 heterocycles. The minimum Gasteiger partial charge on any atom is -0.870 e. The fraction of sp³-hybridized carbons (Fsp3) is 0.858. The molecule has 0 amide bonds. The van der Waals surface area contributed by atoms with E-state index in [9.17, 15) is 0 Å². The van der Waals surface area contributed by atoms with Crippen LogP contribution in [0.15, 0.2) is 91.3 Å². The van der Waals surface area contributed by atoms with Crippen LogP contribution in [-0.4, -0.2) is 168 Å². The van der Waals surface area contributed by atoms with Crippen molar-refractivity contribution in [3.8, 4) is 0 Å². The van der Waals surface area contributed by atoms with Gasteiger partial charge >= 0.3 is 0 Å². The van der Waals surface area contributed by atoms with Crippen molar-refractivity contribution in [2.24, 2.45) is 0 Å². The third-order valence-corrected chi connectivity index (χ3v) is 26.5. The van der Waals surface area contributed by atoms with Crippen LogP contribution in [0.2, 0.25) is 0 Å². The van der Waals surface area contributed by atoms with Crippen molar-refractivity contribution < 1.29 is 60.3 Å². The van der Waals surface area contributed by atoms with Crippen molar-refractivity contribution in [3.63, 3.8) is 0 Å². The maximum atomic E-state index is 2.56. The first-order valence-corrected chi connectivity index (χ1v) is 57.2. The summed E-state index contributed by atoms with van der Waals surface area (Å²) in [5.74, 6) is 0. The molecule has 7 N–H and O–H groups in total. The number of quaternary nitrogens is 5. The summed E-state index contributed by atoms with van der Waals surface area (Å²) in [6.45, 7) is 27.8. The van der Waals surface area contributed by atoms with Crippen LogP contribution < -0.4 is 9.47 Å². The van der Waals surface area contributed by atoms with Crippen LogP contribution in [-0.2, 0) is 19.6 Å². The zero-order valence-corrected chi connectivity index (χ0v) is 93.2. The molecule has 0 unspecified atom stereocenters. The maximum Gasteiger partial charge on any atom is 0.168 e. The summed E-state index contributed by atoms with van der Waals surface area (Å²) in [5, 5.41) is 0. The Morgan fingerprint density at radius 2 is 0.386 bits per heavy atom. The van der Waals surface area contributed by atoms with Crippen LogP contribution in [0.3, 0.4) is 0 Å². The number of unbranched alkanes of at least 4 members (excludes halogenated alkanes) is 69. The zero-order chi connectivity index (χ0) is 93.0. The highest BCUT2D eigenvalue weighted by Crippen LogP contribution is 2.22. The Morgan fingerprint density at radius 3 is 0.606 bits per heavy atom. The van der Waals surface area contributed by atoms with Crippen molar-refractivity contribution in [3.05, 3.63) is 102 Å². The molecular formula is C120H246N6O6. The summed E-state index contributed by atoms with van der Waals surface area (Å²) in [4.78, 5) is 1.60. The minimum atomic E-state index is 0. The highest BCUT2D eigenvalue weighted by atomic mass is 16.0. The first-order chi connectivity index (χ1) is 61.2. The molecule has 1 aromatic heterocycles. The summed E-state index contributed by atoms with van der Waals surface area (Å²) < 4.78 is 6.88. The minimum absolute atomic E-state index is 0. The molecule has 0 spiro atoms. The van der Waals surface area contributed by atoms with Gasteiger partial charge in [0.15, 0.2) is 12.4 Å². The van der Waals surface area contributed by atoms with Gasteiger partial charge in [0.25, 0.3) is 0 Å². The number of nitrogens with one attached hydrogen (secondary N) is 1. The number of aromatic nitrogens is 1. The average molecular weight is 1870 g/mol. The highest BCUT2D eigenvalue weighted by Gasteiger charge is 2.21. The average Bonchev–Trinajstić information content (AvgIpc) is 0.858. The Balaban J connectivity index is -0.000000197. The predicted octanol–water partition coefficient (Wildman–Crippen LogP) is 35.1. The SMILES string of the molecule is CCCCCCCCCCCCCCCCCC[NH+](C)C.CCCCCCCCCCCCCCCC[N+](C)(C)C.CCCCCCCCCCCCCCCC[N+](C)(C)Cc1ccccc1.CCCCCCCCCCCCCCCC[n+]1ccccc1.CCCCCCCC[N+](C)(CCCCCCCC)CCCCCCCC.C[N+](C)(C)Cc1ccccc1.[OH-].[OH-].[OH-].[OH-].[OH-].[OH-]. The van der Waals surface area contributed by atoms with Gasteiger partial charge in [-0.25, -0.2) is 4.57 Å². The van der Waals surface area contributed by atoms with Crippen molar-refractivity contribution in [1.82, 2.24) is 0 Å². The van der Waals surface area contributed by atoms with E-state index in [1.54, 1.807) is 4.90 Å². The Morgan fingerprint density at radius 1 is 0.197 bits per heavy atom. The number of aryl methyl sites for hydroxylation is 1. The van der Waals surface area contributed by atoms with Crippen LogP contribution >= 0.6 is 0 Å². The third kappa shape index (κ3) is 127. The molecular weight excluding hydrogens is 1620 g/mol. The molecule has 3 rings (SSSR count). The first kappa shape index (κ1) is 147. The molecule has 0 aliphatic carbocycles. The Bertz CT molecular complexity index is 2400. The molecule has 3 aromatic rings. The number of rotatable bonds is 87. The monoisotopic (exact) mass is 1870 g/mol. The van der Waals surface area contributed by atoms with E-state index in [1.165, 1.54) is 549 Å². The largest absolute Gasteiger partial charge is 0.870 e. The van der Waals surface area contributed by atoms with Crippen LogP contribution in [0.5, 0.6) is 0 Å². The number of nitrogens with zero attached hydrogens (tertiary/aromatic N) is 5. The van der Waals surface area contributed by atoms with Crippen molar-refractivity contribution in [1.29, 1.82) is 0 Å². The van der Waals surface area contributed by atoms with Gasteiger partial charge in [-0.15, -0.1) is 0 Å². The van der Waals surface area contributed by atoms with Crippen LogP contribution in [0.25, 0.3) is 0 Å². The third-order valence-electron chi connectivity index (χ3n) is 26.5. The topological polar surface area (TPSA) is 188 Å². The molecule has 0 atom stereocenters.